The molecule has 0 spiro atoms. The number of carboxylic acids is 1. The van der Waals surface area contributed by atoms with Crippen LogP contribution in [0, 0.1) is 10.1 Å². The van der Waals surface area contributed by atoms with Gasteiger partial charge in [-0.3, -0.25) is 10.1 Å². The SMILES string of the molecule is NCCc1cn(Cc2ccc(C(=O)O)o2)c2ccc(OCc3cccc([N+](=O)[O-])c3)cc12. The molecule has 4 rings (SSSR count). The minimum absolute atomic E-state index is 0.0212. The van der Waals surface area contributed by atoms with E-state index in [2.05, 4.69) is 0 Å². The Morgan fingerprint density at radius 3 is 2.75 bits per heavy atom. The van der Waals surface area contributed by atoms with Gasteiger partial charge in [0.25, 0.3) is 5.69 Å². The number of aromatic nitrogens is 1. The minimum atomic E-state index is -1.11. The van der Waals surface area contributed by atoms with Gasteiger partial charge in [0.2, 0.25) is 5.76 Å². The van der Waals surface area contributed by atoms with Gasteiger partial charge in [-0.2, -0.15) is 0 Å². The second-order valence-corrected chi connectivity index (χ2v) is 7.29. The predicted molar refractivity (Wildman–Crippen MR) is 117 cm³/mol. The molecule has 32 heavy (non-hydrogen) atoms. The highest BCUT2D eigenvalue weighted by Crippen LogP contribution is 2.28. The minimum Gasteiger partial charge on any atom is -0.489 e. The molecule has 0 fully saturated rings. The zero-order chi connectivity index (χ0) is 22.7. The molecule has 9 heteroatoms. The summed E-state index contributed by atoms with van der Waals surface area (Å²) in [5.41, 5.74) is 8.47. The average Bonchev–Trinajstić information content (AvgIpc) is 3.38. The van der Waals surface area contributed by atoms with Crippen molar-refractivity contribution in [2.75, 3.05) is 6.54 Å². The monoisotopic (exact) mass is 435 g/mol. The van der Waals surface area contributed by atoms with Crippen LogP contribution < -0.4 is 10.5 Å². The van der Waals surface area contributed by atoms with E-state index in [0.717, 1.165) is 16.5 Å². The number of furan rings is 1. The summed E-state index contributed by atoms with van der Waals surface area (Å²) in [5.74, 6) is -0.0470. The molecule has 164 valence electrons. The number of carbonyl (C=O) groups is 1. The summed E-state index contributed by atoms with van der Waals surface area (Å²) in [6.07, 6.45) is 2.64. The molecule has 0 radical (unpaired) electrons. The molecule has 0 aliphatic carbocycles. The molecule has 0 aliphatic heterocycles. The van der Waals surface area contributed by atoms with E-state index < -0.39 is 10.9 Å². The van der Waals surface area contributed by atoms with Crippen molar-refractivity contribution >= 4 is 22.6 Å². The maximum atomic E-state index is 11.1. The van der Waals surface area contributed by atoms with E-state index in [1.54, 1.807) is 18.2 Å². The van der Waals surface area contributed by atoms with Gasteiger partial charge in [0.05, 0.1) is 11.5 Å². The lowest BCUT2D eigenvalue weighted by atomic mass is 10.1. The Morgan fingerprint density at radius 1 is 1.19 bits per heavy atom. The summed E-state index contributed by atoms with van der Waals surface area (Å²) in [5, 5.41) is 21.0. The Kier molecular flexibility index (Phi) is 5.91. The Morgan fingerprint density at radius 2 is 2.03 bits per heavy atom. The van der Waals surface area contributed by atoms with Crippen molar-refractivity contribution in [1.29, 1.82) is 0 Å². The first-order valence-electron chi connectivity index (χ1n) is 9.94. The number of hydrogen-bond donors (Lipinski definition) is 2. The number of hydrogen-bond acceptors (Lipinski definition) is 6. The zero-order valence-corrected chi connectivity index (χ0v) is 17.1. The van der Waals surface area contributed by atoms with E-state index in [0.29, 0.717) is 36.6 Å². The smallest absolute Gasteiger partial charge is 0.371 e. The summed E-state index contributed by atoms with van der Waals surface area (Å²) in [6, 6.07) is 15.1. The Labute approximate surface area is 182 Å². The van der Waals surface area contributed by atoms with Crippen LogP contribution in [-0.4, -0.2) is 27.1 Å². The molecule has 0 atom stereocenters. The molecule has 0 amide bonds. The van der Waals surface area contributed by atoms with Crippen LogP contribution in [0.4, 0.5) is 5.69 Å². The third-order valence-corrected chi connectivity index (χ3v) is 5.07. The lowest BCUT2D eigenvalue weighted by Gasteiger charge is -2.08. The summed E-state index contributed by atoms with van der Waals surface area (Å²) in [4.78, 5) is 21.6. The second-order valence-electron chi connectivity index (χ2n) is 7.29. The van der Waals surface area contributed by atoms with Crippen molar-refractivity contribution in [2.24, 2.45) is 5.73 Å². The molecule has 3 N–H and O–H groups in total. The molecular weight excluding hydrogens is 414 g/mol. The zero-order valence-electron chi connectivity index (χ0n) is 17.1. The van der Waals surface area contributed by atoms with E-state index >= 15 is 0 Å². The average molecular weight is 435 g/mol. The molecule has 0 bridgehead atoms. The molecule has 9 nitrogen and oxygen atoms in total. The predicted octanol–water partition coefficient (Wildman–Crippen LogP) is 3.97. The summed E-state index contributed by atoms with van der Waals surface area (Å²) in [6.45, 7) is 1.05. The van der Waals surface area contributed by atoms with Gasteiger partial charge in [0.1, 0.15) is 18.1 Å². The van der Waals surface area contributed by atoms with E-state index in [9.17, 15) is 14.9 Å². The largest absolute Gasteiger partial charge is 0.489 e. The van der Waals surface area contributed by atoms with Gasteiger partial charge in [-0.1, -0.05) is 12.1 Å². The summed E-state index contributed by atoms with van der Waals surface area (Å²) < 4.78 is 13.2. The van der Waals surface area contributed by atoms with Gasteiger partial charge in [-0.05, 0) is 54.4 Å². The van der Waals surface area contributed by atoms with Crippen molar-refractivity contribution in [3.63, 3.8) is 0 Å². The first-order chi connectivity index (χ1) is 15.4. The highest BCUT2D eigenvalue weighted by molar-refractivity contribution is 5.86. The first-order valence-corrected chi connectivity index (χ1v) is 9.94. The number of nitrogens with zero attached hydrogens (tertiary/aromatic N) is 2. The third kappa shape index (κ3) is 4.47. The lowest BCUT2D eigenvalue weighted by molar-refractivity contribution is -0.384. The second kappa shape index (κ2) is 8.94. The number of ether oxygens (including phenoxy) is 1. The van der Waals surface area contributed by atoms with Gasteiger partial charge in [0, 0.05) is 29.2 Å². The number of nitro groups is 1. The van der Waals surface area contributed by atoms with Crippen LogP contribution in [0.5, 0.6) is 5.75 Å². The molecule has 4 aromatic rings. The van der Waals surface area contributed by atoms with E-state index in [-0.39, 0.29) is 18.1 Å². The van der Waals surface area contributed by atoms with Crippen LogP contribution in [0.15, 0.2) is 65.2 Å². The Hall–Kier alpha value is -4.11. The van der Waals surface area contributed by atoms with E-state index in [4.69, 9.17) is 20.0 Å². The number of fused-ring (bicyclic) bond motifs is 1. The molecule has 0 saturated heterocycles. The van der Waals surface area contributed by atoms with Crippen LogP contribution in [0.3, 0.4) is 0 Å². The molecule has 0 saturated carbocycles. The van der Waals surface area contributed by atoms with Gasteiger partial charge in [-0.15, -0.1) is 0 Å². The Balaban J connectivity index is 1.58. The van der Waals surface area contributed by atoms with Crippen molar-refractivity contribution < 1.29 is 24.0 Å². The van der Waals surface area contributed by atoms with Crippen LogP contribution in [0.2, 0.25) is 0 Å². The summed E-state index contributed by atoms with van der Waals surface area (Å²) >= 11 is 0. The quantitative estimate of drug-likeness (QED) is 0.300. The number of benzene rings is 2. The van der Waals surface area contributed by atoms with Crippen molar-refractivity contribution in [2.45, 2.75) is 19.6 Å². The molecule has 0 aliphatic rings. The van der Waals surface area contributed by atoms with Crippen LogP contribution in [0.1, 0.15) is 27.4 Å². The lowest BCUT2D eigenvalue weighted by Crippen LogP contribution is -2.02. The Bertz CT molecular complexity index is 1290. The van der Waals surface area contributed by atoms with Gasteiger partial charge in [0.15, 0.2) is 0 Å². The summed E-state index contributed by atoms with van der Waals surface area (Å²) in [7, 11) is 0. The maximum absolute atomic E-state index is 11.1. The molecule has 2 aromatic heterocycles. The number of aromatic carboxylic acids is 1. The van der Waals surface area contributed by atoms with Crippen LogP contribution >= 0.6 is 0 Å². The molecule has 2 aromatic carbocycles. The van der Waals surface area contributed by atoms with Crippen LogP contribution in [-0.2, 0) is 19.6 Å². The van der Waals surface area contributed by atoms with Crippen LogP contribution in [0.25, 0.3) is 10.9 Å². The fourth-order valence-electron chi connectivity index (χ4n) is 3.60. The maximum Gasteiger partial charge on any atom is 0.371 e. The number of non-ortho nitro benzene ring substituents is 1. The standard InChI is InChI=1S/C23H21N3O6/c24-9-8-16-12-25(13-19-5-7-22(32-19)23(27)28)21-6-4-18(11-20(16)21)31-14-15-2-1-3-17(10-15)26(29)30/h1-7,10-12H,8-9,13-14,24H2,(H,27,28). The van der Waals surface area contributed by atoms with Crippen molar-refractivity contribution in [3.05, 3.63) is 93.6 Å². The highest BCUT2D eigenvalue weighted by atomic mass is 16.6. The first kappa shape index (κ1) is 21.1. The van der Waals surface area contributed by atoms with E-state index in [1.165, 1.54) is 18.2 Å². The number of nitro benzene ring substituents is 1. The number of carboxylic acid groups (broad SMARTS) is 1. The normalized spacial score (nSPS) is 11.0. The fraction of sp³-hybridized carbons (Fsp3) is 0.174. The van der Waals surface area contributed by atoms with E-state index in [1.807, 2.05) is 29.0 Å². The molecule has 2 heterocycles. The fourth-order valence-corrected chi connectivity index (χ4v) is 3.60. The van der Waals surface area contributed by atoms with Crippen molar-refractivity contribution in [3.8, 4) is 5.75 Å². The molecular formula is C23H21N3O6. The van der Waals surface area contributed by atoms with Gasteiger partial charge < -0.3 is 24.6 Å². The number of rotatable bonds is 9. The third-order valence-electron chi connectivity index (χ3n) is 5.07. The van der Waals surface area contributed by atoms with Gasteiger partial charge >= 0.3 is 5.97 Å². The highest BCUT2D eigenvalue weighted by Gasteiger charge is 2.14. The van der Waals surface area contributed by atoms with Crippen molar-refractivity contribution in [1.82, 2.24) is 4.57 Å². The van der Waals surface area contributed by atoms with Gasteiger partial charge in [-0.25, -0.2) is 4.79 Å². The topological polar surface area (TPSA) is 134 Å². The molecule has 0 unspecified atom stereocenters. The number of nitrogens with two attached hydrogens (primary N) is 1.